The highest BCUT2D eigenvalue weighted by Gasteiger charge is 2.15. The number of Topliss-reactive ketones (excluding diaryl/α,β-unsaturated/α-hetero) is 1. The Hall–Kier alpha value is -1.22. The summed E-state index contributed by atoms with van der Waals surface area (Å²) in [7, 11) is 0. The van der Waals surface area contributed by atoms with E-state index in [0.717, 1.165) is 21.8 Å². The van der Waals surface area contributed by atoms with Gasteiger partial charge in [-0.2, -0.15) is 0 Å². The number of hydrogen-bond donors (Lipinski definition) is 0. The molecule has 94 valence electrons. The topological polar surface area (TPSA) is 30.0 Å². The van der Waals surface area contributed by atoms with Crippen molar-refractivity contribution in [1.29, 1.82) is 0 Å². The van der Waals surface area contributed by atoms with Crippen LogP contribution in [0, 0.1) is 5.92 Å². The van der Waals surface area contributed by atoms with E-state index in [0.29, 0.717) is 18.0 Å². The lowest BCUT2D eigenvalue weighted by molar-refractivity contribution is 0.0958. The van der Waals surface area contributed by atoms with E-state index < -0.39 is 0 Å². The molecular weight excluding hydrogens is 290 g/mol. The Balaban J connectivity index is 2.38. The van der Waals surface area contributed by atoms with Gasteiger partial charge in [-0.05, 0) is 34.0 Å². The Bertz CT molecular complexity index is 580. The first-order chi connectivity index (χ1) is 8.61. The van der Waals surface area contributed by atoms with E-state index in [1.165, 1.54) is 0 Å². The second kappa shape index (κ2) is 5.61. The molecule has 0 aliphatic heterocycles. The van der Waals surface area contributed by atoms with Crippen molar-refractivity contribution in [2.75, 3.05) is 0 Å². The van der Waals surface area contributed by atoms with Gasteiger partial charge in [-0.25, -0.2) is 4.98 Å². The van der Waals surface area contributed by atoms with Crippen LogP contribution in [0.15, 0.2) is 34.8 Å². The van der Waals surface area contributed by atoms with Crippen molar-refractivity contribution >= 4 is 32.6 Å². The SMILES string of the molecule is CCC(C)CC(=O)c1nc2ccccc2cc1Br. The quantitative estimate of drug-likeness (QED) is 0.772. The zero-order chi connectivity index (χ0) is 13.1. The molecular formula is C15H16BrNO. The number of nitrogens with zero attached hydrogens (tertiary/aromatic N) is 1. The molecule has 0 amide bonds. The molecule has 3 heteroatoms. The van der Waals surface area contributed by atoms with Crippen LogP contribution in [-0.4, -0.2) is 10.8 Å². The van der Waals surface area contributed by atoms with Gasteiger partial charge >= 0.3 is 0 Å². The number of hydrogen-bond acceptors (Lipinski definition) is 2. The molecule has 2 aromatic rings. The second-order valence-corrected chi connectivity index (χ2v) is 5.51. The minimum absolute atomic E-state index is 0.113. The Morgan fingerprint density at radius 3 is 2.83 bits per heavy atom. The van der Waals surface area contributed by atoms with E-state index in [1.807, 2.05) is 30.3 Å². The molecule has 1 aromatic heterocycles. The number of carbonyl (C=O) groups is 1. The lowest BCUT2D eigenvalue weighted by Gasteiger charge is -2.09. The molecule has 1 unspecified atom stereocenters. The summed E-state index contributed by atoms with van der Waals surface area (Å²) in [5.74, 6) is 0.514. The summed E-state index contributed by atoms with van der Waals surface area (Å²) < 4.78 is 0.787. The van der Waals surface area contributed by atoms with Gasteiger partial charge in [-0.1, -0.05) is 38.5 Å². The number of para-hydroxylation sites is 1. The van der Waals surface area contributed by atoms with Gasteiger partial charge in [0.05, 0.1) is 5.52 Å². The van der Waals surface area contributed by atoms with Crippen molar-refractivity contribution in [2.45, 2.75) is 26.7 Å². The van der Waals surface area contributed by atoms with E-state index in [2.05, 4.69) is 34.8 Å². The minimum atomic E-state index is 0.113. The maximum absolute atomic E-state index is 12.2. The third kappa shape index (κ3) is 2.78. The van der Waals surface area contributed by atoms with Gasteiger partial charge in [0.1, 0.15) is 5.69 Å². The maximum atomic E-state index is 12.2. The fourth-order valence-corrected chi connectivity index (χ4v) is 2.40. The Kier molecular flexibility index (Phi) is 4.12. The third-order valence-corrected chi connectivity index (χ3v) is 3.78. The van der Waals surface area contributed by atoms with Gasteiger partial charge in [-0.3, -0.25) is 4.79 Å². The molecule has 0 spiro atoms. The summed E-state index contributed by atoms with van der Waals surface area (Å²) in [5, 5.41) is 1.05. The average molecular weight is 306 g/mol. The van der Waals surface area contributed by atoms with Crippen LogP contribution >= 0.6 is 15.9 Å². The molecule has 0 aliphatic rings. The summed E-state index contributed by atoms with van der Waals surface area (Å²) in [6, 6.07) is 9.80. The van der Waals surface area contributed by atoms with Gasteiger partial charge in [0.2, 0.25) is 0 Å². The lowest BCUT2D eigenvalue weighted by atomic mass is 10.00. The summed E-state index contributed by atoms with van der Waals surface area (Å²) in [6.07, 6.45) is 1.57. The zero-order valence-electron chi connectivity index (χ0n) is 10.6. The highest BCUT2D eigenvalue weighted by Crippen LogP contribution is 2.23. The predicted octanol–water partition coefficient (Wildman–Crippen LogP) is 4.62. The molecule has 0 fully saturated rings. The Morgan fingerprint density at radius 1 is 1.39 bits per heavy atom. The first kappa shape index (κ1) is 13.2. The molecule has 0 N–H and O–H groups in total. The fourth-order valence-electron chi connectivity index (χ4n) is 1.84. The van der Waals surface area contributed by atoms with Gasteiger partial charge < -0.3 is 0 Å². The van der Waals surface area contributed by atoms with Crippen molar-refractivity contribution in [3.63, 3.8) is 0 Å². The van der Waals surface area contributed by atoms with Crippen LogP contribution < -0.4 is 0 Å². The third-order valence-electron chi connectivity index (χ3n) is 3.17. The monoisotopic (exact) mass is 305 g/mol. The van der Waals surface area contributed by atoms with Gasteiger partial charge in [0.25, 0.3) is 0 Å². The molecule has 0 aliphatic carbocycles. The van der Waals surface area contributed by atoms with Crippen molar-refractivity contribution in [3.05, 3.63) is 40.5 Å². The fraction of sp³-hybridized carbons (Fsp3) is 0.333. The van der Waals surface area contributed by atoms with Crippen LogP contribution in [0.2, 0.25) is 0 Å². The van der Waals surface area contributed by atoms with Crippen molar-refractivity contribution < 1.29 is 4.79 Å². The van der Waals surface area contributed by atoms with Crippen molar-refractivity contribution in [2.24, 2.45) is 5.92 Å². The molecule has 0 saturated carbocycles. The van der Waals surface area contributed by atoms with Gasteiger partial charge in [0.15, 0.2) is 5.78 Å². The molecule has 1 heterocycles. The van der Waals surface area contributed by atoms with E-state index in [4.69, 9.17) is 0 Å². The average Bonchev–Trinajstić information content (AvgIpc) is 2.37. The first-order valence-electron chi connectivity index (χ1n) is 6.20. The number of fused-ring (bicyclic) bond motifs is 1. The number of halogens is 1. The smallest absolute Gasteiger partial charge is 0.182 e. The van der Waals surface area contributed by atoms with E-state index in [9.17, 15) is 4.79 Å². The summed E-state index contributed by atoms with van der Waals surface area (Å²) in [4.78, 5) is 16.7. The van der Waals surface area contributed by atoms with Crippen LogP contribution in [0.4, 0.5) is 0 Å². The number of benzene rings is 1. The van der Waals surface area contributed by atoms with Crippen molar-refractivity contribution in [1.82, 2.24) is 4.98 Å². The second-order valence-electron chi connectivity index (χ2n) is 4.65. The van der Waals surface area contributed by atoms with Crippen LogP contribution in [0.25, 0.3) is 10.9 Å². The highest BCUT2D eigenvalue weighted by molar-refractivity contribution is 9.10. The van der Waals surface area contributed by atoms with E-state index in [1.54, 1.807) is 0 Å². The molecule has 18 heavy (non-hydrogen) atoms. The molecule has 0 radical (unpaired) electrons. The maximum Gasteiger partial charge on any atom is 0.182 e. The summed E-state index contributed by atoms with van der Waals surface area (Å²) >= 11 is 3.45. The number of carbonyl (C=O) groups excluding carboxylic acids is 1. The zero-order valence-corrected chi connectivity index (χ0v) is 12.2. The predicted molar refractivity (Wildman–Crippen MR) is 77.8 cm³/mol. The molecule has 1 atom stereocenters. The van der Waals surface area contributed by atoms with Crippen LogP contribution in [0.5, 0.6) is 0 Å². The molecule has 0 bridgehead atoms. The molecule has 2 rings (SSSR count). The normalized spacial score (nSPS) is 12.6. The van der Waals surface area contributed by atoms with Crippen molar-refractivity contribution in [3.8, 4) is 0 Å². The standard InChI is InChI=1S/C15H16BrNO/c1-3-10(2)8-14(18)15-12(16)9-11-6-4-5-7-13(11)17-15/h4-7,9-10H,3,8H2,1-2H3. The van der Waals surface area contributed by atoms with Crippen LogP contribution in [0.3, 0.4) is 0 Å². The van der Waals surface area contributed by atoms with Gasteiger partial charge in [-0.15, -0.1) is 0 Å². The van der Waals surface area contributed by atoms with Crippen LogP contribution in [0.1, 0.15) is 37.2 Å². The highest BCUT2D eigenvalue weighted by atomic mass is 79.9. The first-order valence-corrected chi connectivity index (χ1v) is 6.99. The number of aromatic nitrogens is 1. The summed E-state index contributed by atoms with van der Waals surface area (Å²) in [6.45, 7) is 4.19. The Labute approximate surface area is 116 Å². The number of rotatable bonds is 4. The largest absolute Gasteiger partial charge is 0.292 e. The lowest BCUT2D eigenvalue weighted by Crippen LogP contribution is -2.08. The minimum Gasteiger partial charge on any atom is -0.292 e. The van der Waals surface area contributed by atoms with Gasteiger partial charge in [0, 0.05) is 16.3 Å². The summed E-state index contributed by atoms with van der Waals surface area (Å²) in [5.41, 5.74) is 1.42. The molecule has 0 saturated heterocycles. The number of ketones is 1. The van der Waals surface area contributed by atoms with E-state index in [-0.39, 0.29) is 5.78 Å². The Morgan fingerprint density at radius 2 is 2.11 bits per heavy atom. The number of pyridine rings is 1. The van der Waals surface area contributed by atoms with Crippen LogP contribution in [-0.2, 0) is 0 Å². The van der Waals surface area contributed by atoms with E-state index >= 15 is 0 Å². The molecule has 2 nitrogen and oxygen atoms in total. The molecule has 1 aromatic carbocycles.